The largest absolute Gasteiger partial charge is 0.399 e. The standard InChI is InChI=1S/C12H16N2O3S/c1-8-6-10(13)2-3-11(8)14-12(15)9-4-5-18(16,17)7-9/h2-3,6,9H,4-5,7,13H2,1H3,(H,14,15). The number of amides is 1. The first-order valence-corrected chi connectivity index (χ1v) is 7.57. The highest BCUT2D eigenvalue weighted by Gasteiger charge is 2.33. The Kier molecular flexibility index (Phi) is 3.30. The molecule has 1 aromatic rings. The van der Waals surface area contributed by atoms with Crippen LogP contribution in [0.5, 0.6) is 0 Å². The van der Waals surface area contributed by atoms with Gasteiger partial charge in [0.1, 0.15) is 0 Å². The molecule has 0 saturated carbocycles. The van der Waals surface area contributed by atoms with Gasteiger partial charge in [0.25, 0.3) is 0 Å². The lowest BCUT2D eigenvalue weighted by Crippen LogP contribution is -2.24. The van der Waals surface area contributed by atoms with E-state index in [2.05, 4.69) is 5.32 Å². The van der Waals surface area contributed by atoms with E-state index in [0.717, 1.165) is 5.56 Å². The quantitative estimate of drug-likeness (QED) is 0.781. The molecule has 1 fully saturated rings. The number of sulfone groups is 1. The minimum atomic E-state index is -3.03. The highest BCUT2D eigenvalue weighted by molar-refractivity contribution is 7.91. The summed E-state index contributed by atoms with van der Waals surface area (Å²) in [4.78, 5) is 11.9. The van der Waals surface area contributed by atoms with Crippen molar-refractivity contribution in [2.45, 2.75) is 13.3 Å². The maximum atomic E-state index is 11.9. The molecule has 1 aliphatic rings. The second-order valence-electron chi connectivity index (χ2n) is 4.66. The molecule has 0 spiro atoms. The summed E-state index contributed by atoms with van der Waals surface area (Å²) in [6, 6.07) is 5.20. The molecule has 0 radical (unpaired) electrons. The van der Waals surface area contributed by atoms with Gasteiger partial charge in [-0.05, 0) is 37.1 Å². The number of benzene rings is 1. The lowest BCUT2D eigenvalue weighted by atomic mass is 10.1. The zero-order chi connectivity index (χ0) is 13.3. The molecule has 1 atom stereocenters. The molecule has 1 aliphatic heterocycles. The molecule has 98 valence electrons. The molecule has 6 heteroatoms. The van der Waals surface area contributed by atoms with Crippen molar-refractivity contribution in [3.8, 4) is 0 Å². The molecule has 5 nitrogen and oxygen atoms in total. The van der Waals surface area contributed by atoms with Crippen LogP contribution in [0.15, 0.2) is 18.2 Å². The van der Waals surface area contributed by atoms with Gasteiger partial charge in [-0.1, -0.05) is 0 Å². The van der Waals surface area contributed by atoms with Gasteiger partial charge in [0.2, 0.25) is 5.91 Å². The molecule has 1 aromatic carbocycles. The zero-order valence-corrected chi connectivity index (χ0v) is 11.0. The summed E-state index contributed by atoms with van der Waals surface area (Å²) in [5.74, 6) is -0.616. The van der Waals surface area contributed by atoms with Crippen molar-refractivity contribution in [3.05, 3.63) is 23.8 Å². The minimum Gasteiger partial charge on any atom is -0.399 e. The molecule has 1 saturated heterocycles. The smallest absolute Gasteiger partial charge is 0.228 e. The number of carbonyl (C=O) groups is 1. The Morgan fingerprint density at radius 1 is 1.44 bits per heavy atom. The molecular weight excluding hydrogens is 252 g/mol. The molecule has 1 unspecified atom stereocenters. The van der Waals surface area contributed by atoms with E-state index in [1.807, 2.05) is 6.92 Å². The summed E-state index contributed by atoms with van der Waals surface area (Å²) in [6.07, 6.45) is 0.405. The first-order chi connectivity index (χ1) is 8.37. The number of aryl methyl sites for hydroxylation is 1. The summed E-state index contributed by atoms with van der Waals surface area (Å²) in [7, 11) is -3.03. The van der Waals surface area contributed by atoms with E-state index in [4.69, 9.17) is 5.73 Å². The van der Waals surface area contributed by atoms with Crippen LogP contribution in [-0.4, -0.2) is 25.8 Å². The van der Waals surface area contributed by atoms with Gasteiger partial charge in [-0.25, -0.2) is 8.42 Å². The van der Waals surface area contributed by atoms with Gasteiger partial charge in [-0.2, -0.15) is 0 Å². The van der Waals surface area contributed by atoms with Crippen LogP contribution in [0, 0.1) is 12.8 Å². The van der Waals surface area contributed by atoms with Gasteiger partial charge in [0, 0.05) is 11.4 Å². The third kappa shape index (κ3) is 2.81. The monoisotopic (exact) mass is 268 g/mol. The molecule has 1 heterocycles. The SMILES string of the molecule is Cc1cc(N)ccc1NC(=O)C1CCS(=O)(=O)C1. The van der Waals surface area contributed by atoms with Crippen molar-refractivity contribution in [2.75, 3.05) is 22.6 Å². The Morgan fingerprint density at radius 2 is 2.17 bits per heavy atom. The molecule has 0 bridgehead atoms. The Hall–Kier alpha value is -1.56. The summed E-state index contributed by atoms with van der Waals surface area (Å²) >= 11 is 0. The summed E-state index contributed by atoms with van der Waals surface area (Å²) in [5.41, 5.74) is 7.80. The van der Waals surface area contributed by atoms with Gasteiger partial charge >= 0.3 is 0 Å². The second kappa shape index (κ2) is 4.61. The average Bonchev–Trinajstić information content (AvgIpc) is 2.63. The predicted molar refractivity (Wildman–Crippen MR) is 71.0 cm³/mol. The summed E-state index contributed by atoms with van der Waals surface area (Å²) in [6.45, 7) is 1.84. The Bertz CT molecular complexity index is 581. The predicted octanol–water partition coefficient (Wildman–Crippen LogP) is 0.950. The van der Waals surface area contributed by atoms with Crippen LogP contribution in [0.4, 0.5) is 11.4 Å². The van der Waals surface area contributed by atoms with Gasteiger partial charge < -0.3 is 11.1 Å². The van der Waals surface area contributed by atoms with E-state index < -0.39 is 15.8 Å². The number of hydrogen-bond donors (Lipinski definition) is 2. The van der Waals surface area contributed by atoms with Gasteiger partial charge in [0.15, 0.2) is 9.84 Å². The maximum Gasteiger partial charge on any atom is 0.228 e. The normalized spacial score (nSPS) is 21.7. The topological polar surface area (TPSA) is 89.3 Å². The zero-order valence-electron chi connectivity index (χ0n) is 10.1. The van der Waals surface area contributed by atoms with Crippen LogP contribution in [0.25, 0.3) is 0 Å². The number of nitrogens with one attached hydrogen (secondary N) is 1. The number of carbonyl (C=O) groups excluding carboxylic acids is 1. The van der Waals surface area contributed by atoms with Crippen molar-refractivity contribution in [1.29, 1.82) is 0 Å². The van der Waals surface area contributed by atoms with E-state index in [9.17, 15) is 13.2 Å². The fraction of sp³-hybridized carbons (Fsp3) is 0.417. The first-order valence-electron chi connectivity index (χ1n) is 5.75. The Morgan fingerprint density at radius 3 is 2.72 bits per heavy atom. The van der Waals surface area contributed by atoms with E-state index in [0.29, 0.717) is 17.8 Å². The Labute approximate surface area is 106 Å². The highest BCUT2D eigenvalue weighted by atomic mass is 32.2. The lowest BCUT2D eigenvalue weighted by Gasteiger charge is -2.12. The van der Waals surface area contributed by atoms with E-state index in [1.54, 1.807) is 18.2 Å². The Balaban J connectivity index is 2.08. The van der Waals surface area contributed by atoms with E-state index >= 15 is 0 Å². The molecule has 18 heavy (non-hydrogen) atoms. The maximum absolute atomic E-state index is 11.9. The second-order valence-corrected chi connectivity index (χ2v) is 6.89. The molecule has 1 amide bonds. The third-order valence-electron chi connectivity index (χ3n) is 3.11. The van der Waals surface area contributed by atoms with Crippen molar-refractivity contribution < 1.29 is 13.2 Å². The fourth-order valence-electron chi connectivity index (χ4n) is 2.06. The molecule has 0 aromatic heterocycles. The molecule has 0 aliphatic carbocycles. The first kappa shape index (κ1) is 12.9. The van der Waals surface area contributed by atoms with Crippen molar-refractivity contribution in [1.82, 2.24) is 0 Å². The molecular formula is C12H16N2O3S. The van der Waals surface area contributed by atoms with Crippen LogP contribution in [0.1, 0.15) is 12.0 Å². The van der Waals surface area contributed by atoms with Crippen LogP contribution >= 0.6 is 0 Å². The number of rotatable bonds is 2. The van der Waals surface area contributed by atoms with Crippen LogP contribution < -0.4 is 11.1 Å². The van der Waals surface area contributed by atoms with Crippen molar-refractivity contribution in [2.24, 2.45) is 5.92 Å². The van der Waals surface area contributed by atoms with Crippen LogP contribution in [-0.2, 0) is 14.6 Å². The van der Waals surface area contributed by atoms with Crippen molar-refractivity contribution >= 4 is 27.1 Å². The molecule has 2 rings (SSSR count). The number of hydrogen-bond acceptors (Lipinski definition) is 4. The lowest BCUT2D eigenvalue weighted by molar-refractivity contribution is -0.119. The molecule has 3 N–H and O–H groups in total. The van der Waals surface area contributed by atoms with E-state index in [1.165, 1.54) is 0 Å². The highest BCUT2D eigenvalue weighted by Crippen LogP contribution is 2.22. The fourth-order valence-corrected chi connectivity index (χ4v) is 3.81. The minimum absolute atomic E-state index is 0.0488. The van der Waals surface area contributed by atoms with Crippen LogP contribution in [0.3, 0.4) is 0 Å². The number of nitrogen functional groups attached to an aromatic ring is 1. The summed E-state index contributed by atoms with van der Waals surface area (Å²) < 4.78 is 22.6. The van der Waals surface area contributed by atoms with Gasteiger partial charge in [-0.3, -0.25) is 4.79 Å². The number of nitrogens with two attached hydrogens (primary N) is 1. The van der Waals surface area contributed by atoms with E-state index in [-0.39, 0.29) is 17.4 Å². The van der Waals surface area contributed by atoms with Gasteiger partial charge in [-0.15, -0.1) is 0 Å². The number of anilines is 2. The average molecular weight is 268 g/mol. The van der Waals surface area contributed by atoms with Crippen molar-refractivity contribution in [3.63, 3.8) is 0 Å². The van der Waals surface area contributed by atoms with Crippen LogP contribution in [0.2, 0.25) is 0 Å². The summed E-state index contributed by atoms with van der Waals surface area (Å²) in [5, 5.41) is 2.76. The third-order valence-corrected chi connectivity index (χ3v) is 4.88. The van der Waals surface area contributed by atoms with Gasteiger partial charge in [0.05, 0.1) is 17.4 Å².